The van der Waals surface area contributed by atoms with E-state index >= 15 is 0 Å². The van der Waals surface area contributed by atoms with Crippen LogP contribution in [0, 0.1) is 0 Å². The highest BCUT2D eigenvalue weighted by molar-refractivity contribution is 7.25. The smallest absolute Gasteiger partial charge is 0.0467 e. The molecule has 1 heterocycles. The molecule has 56 heavy (non-hydrogen) atoms. The van der Waals surface area contributed by atoms with E-state index < -0.39 is 0 Å². The van der Waals surface area contributed by atoms with Gasteiger partial charge in [0.15, 0.2) is 0 Å². The Kier molecular flexibility index (Phi) is 7.75. The van der Waals surface area contributed by atoms with E-state index in [2.05, 4.69) is 217 Å². The molecule has 0 spiro atoms. The largest absolute Gasteiger partial charge is 0.310 e. The Bertz CT molecular complexity index is 3250. The van der Waals surface area contributed by atoms with Crippen LogP contribution in [0.25, 0.3) is 85.9 Å². The molecule has 10 aromatic carbocycles. The first kappa shape index (κ1) is 32.4. The molecule has 0 fully saturated rings. The fraction of sp³-hybridized carbons (Fsp3) is 0. The zero-order chi connectivity index (χ0) is 37.0. The summed E-state index contributed by atoms with van der Waals surface area (Å²) in [6, 6.07) is 77.8. The first-order valence-electron chi connectivity index (χ1n) is 19.1. The predicted octanol–water partition coefficient (Wildman–Crippen LogP) is 16.0. The molecular weight excluding hydrogens is 695 g/mol. The van der Waals surface area contributed by atoms with Crippen molar-refractivity contribution in [3.05, 3.63) is 212 Å². The van der Waals surface area contributed by atoms with Gasteiger partial charge < -0.3 is 4.90 Å². The number of nitrogens with zero attached hydrogens (tertiary/aromatic N) is 1. The van der Waals surface area contributed by atoms with Gasteiger partial charge in [-0.25, -0.2) is 0 Å². The Morgan fingerprint density at radius 1 is 0.250 bits per heavy atom. The van der Waals surface area contributed by atoms with Crippen molar-refractivity contribution in [1.82, 2.24) is 0 Å². The Morgan fingerprint density at radius 3 is 1.30 bits per heavy atom. The van der Waals surface area contributed by atoms with Crippen LogP contribution in [0.15, 0.2) is 212 Å². The number of benzene rings is 10. The van der Waals surface area contributed by atoms with Crippen LogP contribution < -0.4 is 4.90 Å². The molecule has 0 aliphatic rings. The zero-order valence-electron chi connectivity index (χ0n) is 30.6. The molecule has 1 nitrogen and oxygen atoms in total. The van der Waals surface area contributed by atoms with Gasteiger partial charge in [0.05, 0.1) is 0 Å². The topological polar surface area (TPSA) is 3.24 Å². The highest BCUT2D eigenvalue weighted by atomic mass is 32.1. The molecule has 0 bridgehead atoms. The molecule has 0 saturated carbocycles. The van der Waals surface area contributed by atoms with E-state index in [0.717, 1.165) is 17.1 Å². The number of thiophene rings is 1. The third kappa shape index (κ3) is 5.80. The second kappa shape index (κ2) is 13.4. The fourth-order valence-corrected chi connectivity index (χ4v) is 9.37. The Morgan fingerprint density at radius 2 is 0.696 bits per heavy atom. The van der Waals surface area contributed by atoms with Crippen molar-refractivity contribution in [2.24, 2.45) is 0 Å². The average Bonchev–Trinajstić information content (AvgIpc) is 3.62. The van der Waals surface area contributed by atoms with Crippen LogP contribution >= 0.6 is 11.3 Å². The van der Waals surface area contributed by atoms with Crippen molar-refractivity contribution in [3.8, 4) is 33.4 Å². The van der Waals surface area contributed by atoms with Gasteiger partial charge in [-0.1, -0.05) is 140 Å². The summed E-state index contributed by atoms with van der Waals surface area (Å²) < 4.78 is 2.65. The van der Waals surface area contributed by atoms with Crippen LogP contribution in [0.5, 0.6) is 0 Å². The molecule has 0 aliphatic carbocycles. The van der Waals surface area contributed by atoms with Crippen LogP contribution in [0.3, 0.4) is 0 Å². The van der Waals surface area contributed by atoms with Crippen molar-refractivity contribution in [1.29, 1.82) is 0 Å². The summed E-state index contributed by atoms with van der Waals surface area (Å²) in [6.45, 7) is 0. The highest BCUT2D eigenvalue weighted by Gasteiger charge is 2.16. The molecule has 11 rings (SSSR count). The molecule has 0 saturated heterocycles. The number of hydrogen-bond donors (Lipinski definition) is 0. The lowest BCUT2D eigenvalue weighted by Gasteiger charge is -2.26. The first-order valence-corrected chi connectivity index (χ1v) is 20.0. The maximum atomic E-state index is 2.37. The van der Waals surface area contributed by atoms with Gasteiger partial charge in [0.2, 0.25) is 0 Å². The quantitative estimate of drug-likeness (QED) is 0.165. The summed E-state index contributed by atoms with van der Waals surface area (Å²) in [5, 5.41) is 10.2. The van der Waals surface area contributed by atoms with Gasteiger partial charge in [0, 0.05) is 37.2 Å². The molecule has 0 aliphatic heterocycles. The van der Waals surface area contributed by atoms with Crippen LogP contribution in [0.4, 0.5) is 17.1 Å². The second-order valence-electron chi connectivity index (χ2n) is 14.6. The minimum atomic E-state index is 1.11. The van der Waals surface area contributed by atoms with E-state index in [1.54, 1.807) is 0 Å². The molecule has 262 valence electrons. The van der Waals surface area contributed by atoms with Gasteiger partial charge in [0.25, 0.3) is 0 Å². The van der Waals surface area contributed by atoms with Crippen LogP contribution in [0.1, 0.15) is 0 Å². The summed E-state index contributed by atoms with van der Waals surface area (Å²) in [5.41, 5.74) is 10.6. The van der Waals surface area contributed by atoms with Crippen molar-refractivity contribution < 1.29 is 0 Å². The monoisotopic (exact) mass is 729 g/mol. The Balaban J connectivity index is 0.988. The average molecular weight is 730 g/mol. The van der Waals surface area contributed by atoms with E-state index in [9.17, 15) is 0 Å². The summed E-state index contributed by atoms with van der Waals surface area (Å²) in [7, 11) is 0. The normalized spacial score (nSPS) is 11.6. The number of rotatable bonds is 6. The zero-order valence-corrected chi connectivity index (χ0v) is 31.4. The minimum Gasteiger partial charge on any atom is -0.310 e. The summed E-state index contributed by atoms with van der Waals surface area (Å²) in [6.07, 6.45) is 0. The van der Waals surface area contributed by atoms with Gasteiger partial charge >= 0.3 is 0 Å². The second-order valence-corrected chi connectivity index (χ2v) is 15.7. The molecule has 0 N–H and O–H groups in total. The van der Waals surface area contributed by atoms with E-state index in [4.69, 9.17) is 0 Å². The first-order chi connectivity index (χ1) is 27.7. The molecular formula is C54H35NS. The maximum Gasteiger partial charge on any atom is 0.0467 e. The van der Waals surface area contributed by atoms with Gasteiger partial charge in [-0.3, -0.25) is 0 Å². The number of hydrogen-bond acceptors (Lipinski definition) is 2. The van der Waals surface area contributed by atoms with Crippen molar-refractivity contribution in [2.45, 2.75) is 0 Å². The third-order valence-corrected chi connectivity index (χ3v) is 12.3. The minimum absolute atomic E-state index is 1.11. The lowest BCUT2D eigenvalue weighted by molar-refractivity contribution is 1.28. The van der Waals surface area contributed by atoms with E-state index in [0.29, 0.717) is 0 Å². The highest BCUT2D eigenvalue weighted by Crippen LogP contribution is 2.41. The lowest BCUT2D eigenvalue weighted by atomic mass is 9.99. The SMILES string of the molecule is c1cc(-c2ccc3ccccc3c2)cc(N(c2ccc(-c3ccc4ccccc4c3)cc2)c2ccc(-c3ccc4sc5cc6ccccc6cc5c4c3)cc2)c1. The fourth-order valence-electron chi connectivity index (χ4n) is 8.26. The maximum absolute atomic E-state index is 2.37. The van der Waals surface area contributed by atoms with E-state index in [-0.39, 0.29) is 0 Å². The van der Waals surface area contributed by atoms with Gasteiger partial charge in [0.1, 0.15) is 0 Å². The molecule has 1 aromatic heterocycles. The van der Waals surface area contributed by atoms with Gasteiger partial charge in [-0.2, -0.15) is 0 Å². The van der Waals surface area contributed by atoms with Crippen LogP contribution in [-0.4, -0.2) is 0 Å². The molecule has 0 unspecified atom stereocenters. The summed E-state index contributed by atoms with van der Waals surface area (Å²) >= 11 is 1.87. The predicted molar refractivity (Wildman–Crippen MR) is 243 cm³/mol. The van der Waals surface area contributed by atoms with Gasteiger partial charge in [-0.05, 0) is 138 Å². The summed E-state index contributed by atoms with van der Waals surface area (Å²) in [5.74, 6) is 0. The number of fused-ring (bicyclic) bond motifs is 6. The Hall–Kier alpha value is -7.00. The Labute approximate surface area is 330 Å². The molecule has 2 heteroatoms. The van der Waals surface area contributed by atoms with E-state index in [1.807, 2.05) is 11.3 Å². The number of anilines is 3. The summed E-state index contributed by atoms with van der Waals surface area (Å²) in [4.78, 5) is 2.37. The standard InChI is InChI=1S/C54H35NS/c1-3-10-40-30-45(18-16-36(40)8-1)38-20-25-48(26-21-38)55(50-15-7-14-42(32-50)46-19-17-37-9-2-4-11-41(37)31-46)49-27-22-39(23-28-49)47-24-29-53-51(34-47)52-33-43-12-5-6-13-44(43)35-54(52)56-53/h1-35H. The molecule has 11 aromatic rings. The van der Waals surface area contributed by atoms with Crippen LogP contribution in [-0.2, 0) is 0 Å². The third-order valence-electron chi connectivity index (χ3n) is 11.2. The van der Waals surface area contributed by atoms with Crippen molar-refractivity contribution in [3.63, 3.8) is 0 Å². The van der Waals surface area contributed by atoms with Crippen molar-refractivity contribution in [2.75, 3.05) is 4.90 Å². The lowest BCUT2D eigenvalue weighted by Crippen LogP contribution is -2.10. The van der Waals surface area contributed by atoms with Crippen LogP contribution in [0.2, 0.25) is 0 Å². The molecule has 0 radical (unpaired) electrons. The van der Waals surface area contributed by atoms with Gasteiger partial charge in [-0.15, -0.1) is 11.3 Å². The van der Waals surface area contributed by atoms with E-state index in [1.165, 1.54) is 85.9 Å². The molecule has 0 atom stereocenters. The van der Waals surface area contributed by atoms with Crippen molar-refractivity contribution >= 4 is 80.9 Å². The molecule has 0 amide bonds.